The fourth-order valence-corrected chi connectivity index (χ4v) is 2.32. The summed E-state index contributed by atoms with van der Waals surface area (Å²) >= 11 is 0. The zero-order valence-electron chi connectivity index (χ0n) is 18.0. The zero-order chi connectivity index (χ0) is 23.6. The summed E-state index contributed by atoms with van der Waals surface area (Å²) in [5.74, 6) is -0.865. The van der Waals surface area contributed by atoms with Gasteiger partial charge in [0.2, 0.25) is 17.7 Å². The Balaban J connectivity index is 4.53. The normalized spacial score (nSPS) is 14.0. The summed E-state index contributed by atoms with van der Waals surface area (Å²) in [6.45, 7) is 1.14. The molecular weight excluding hydrogens is 410 g/mol. The van der Waals surface area contributed by atoms with E-state index in [-0.39, 0.29) is 76.3 Å². The van der Waals surface area contributed by atoms with E-state index < -0.39 is 18.3 Å². The van der Waals surface area contributed by atoms with Crippen molar-refractivity contribution in [2.75, 3.05) is 58.9 Å². The zero-order valence-corrected chi connectivity index (χ0v) is 18.0. The van der Waals surface area contributed by atoms with Crippen LogP contribution in [0.2, 0.25) is 0 Å². The Morgan fingerprint density at radius 3 is 1.10 bits per heavy atom. The summed E-state index contributed by atoms with van der Waals surface area (Å²) in [5.41, 5.74) is 15.9. The lowest BCUT2D eigenvalue weighted by Gasteiger charge is -2.22. The Kier molecular flexibility index (Phi) is 16.7. The van der Waals surface area contributed by atoms with Gasteiger partial charge in [-0.3, -0.25) is 14.4 Å². The average Bonchev–Trinajstić information content (AvgIpc) is 2.78. The van der Waals surface area contributed by atoms with Crippen molar-refractivity contribution in [1.82, 2.24) is 20.9 Å². The Bertz CT molecular complexity index is 454. The molecule has 0 bridgehead atoms. The second-order valence-corrected chi connectivity index (χ2v) is 7.17. The first-order valence-electron chi connectivity index (χ1n) is 10.4. The van der Waals surface area contributed by atoms with Crippen LogP contribution in [0.15, 0.2) is 0 Å². The SMILES string of the molecule is NCC(O)CNC(=O)CCN(CCC(=O)NCC(O)CN)CCC(=O)NCC(O)CN. The lowest BCUT2D eigenvalue weighted by Crippen LogP contribution is -2.41. The smallest absolute Gasteiger partial charge is 0.221 e. The van der Waals surface area contributed by atoms with Crippen LogP contribution < -0.4 is 33.2 Å². The summed E-state index contributed by atoms with van der Waals surface area (Å²) in [6.07, 6.45) is -2.13. The number of hydrogen-bond donors (Lipinski definition) is 9. The summed E-state index contributed by atoms with van der Waals surface area (Å²) in [7, 11) is 0. The maximum absolute atomic E-state index is 11.9. The van der Waals surface area contributed by atoms with Gasteiger partial charge in [0.15, 0.2) is 0 Å². The summed E-state index contributed by atoms with van der Waals surface area (Å²) in [5, 5.41) is 35.9. The Hall–Kier alpha value is -1.87. The molecule has 0 aliphatic rings. The molecule has 13 nitrogen and oxygen atoms in total. The number of aliphatic hydroxyl groups excluding tert-OH is 3. The molecule has 0 aliphatic carbocycles. The van der Waals surface area contributed by atoms with Crippen LogP contribution in [0.5, 0.6) is 0 Å². The minimum absolute atomic E-state index is 0.0360. The fourth-order valence-electron chi connectivity index (χ4n) is 2.32. The molecule has 0 radical (unpaired) electrons. The predicted octanol–water partition coefficient (Wildman–Crippen LogP) is -5.23. The molecule has 3 unspecified atom stereocenters. The van der Waals surface area contributed by atoms with Gasteiger partial charge in [0.25, 0.3) is 0 Å². The van der Waals surface area contributed by atoms with Gasteiger partial charge in [0.05, 0.1) is 18.3 Å². The molecule has 0 aliphatic heterocycles. The highest BCUT2D eigenvalue weighted by molar-refractivity contribution is 5.77. The van der Waals surface area contributed by atoms with Gasteiger partial charge in [-0.2, -0.15) is 0 Å². The van der Waals surface area contributed by atoms with E-state index in [0.717, 1.165) is 0 Å². The lowest BCUT2D eigenvalue weighted by atomic mass is 10.2. The first kappa shape index (κ1) is 29.1. The van der Waals surface area contributed by atoms with Crippen molar-refractivity contribution in [3.05, 3.63) is 0 Å². The first-order valence-corrected chi connectivity index (χ1v) is 10.4. The molecule has 0 aromatic rings. The Morgan fingerprint density at radius 1 is 0.613 bits per heavy atom. The molecule has 3 amide bonds. The number of carbonyl (C=O) groups is 3. The minimum Gasteiger partial charge on any atom is -0.390 e. The largest absolute Gasteiger partial charge is 0.390 e. The molecule has 0 heterocycles. The highest BCUT2D eigenvalue weighted by Gasteiger charge is 2.14. The molecule has 0 spiro atoms. The van der Waals surface area contributed by atoms with E-state index in [1.807, 2.05) is 0 Å². The average molecular weight is 450 g/mol. The third kappa shape index (κ3) is 16.5. The molecule has 182 valence electrons. The number of nitrogens with zero attached hydrogens (tertiary/aromatic N) is 1. The monoisotopic (exact) mass is 449 g/mol. The number of rotatable bonds is 18. The van der Waals surface area contributed by atoms with E-state index in [1.54, 1.807) is 4.90 Å². The van der Waals surface area contributed by atoms with E-state index in [2.05, 4.69) is 16.0 Å². The molecular formula is C18H39N7O6. The quantitative estimate of drug-likeness (QED) is 0.0965. The van der Waals surface area contributed by atoms with Crippen LogP contribution in [0.1, 0.15) is 19.3 Å². The molecule has 0 rings (SSSR count). The van der Waals surface area contributed by atoms with Crippen LogP contribution in [0.25, 0.3) is 0 Å². The van der Waals surface area contributed by atoms with Crippen molar-refractivity contribution in [2.24, 2.45) is 17.2 Å². The number of hydrogen-bond acceptors (Lipinski definition) is 10. The molecule has 13 heteroatoms. The molecule has 0 saturated heterocycles. The number of nitrogens with one attached hydrogen (secondary N) is 3. The highest BCUT2D eigenvalue weighted by atomic mass is 16.3. The maximum Gasteiger partial charge on any atom is 0.221 e. The van der Waals surface area contributed by atoms with Crippen molar-refractivity contribution >= 4 is 17.7 Å². The second-order valence-electron chi connectivity index (χ2n) is 7.17. The lowest BCUT2D eigenvalue weighted by molar-refractivity contribution is -0.122. The van der Waals surface area contributed by atoms with Crippen LogP contribution in [0.4, 0.5) is 0 Å². The van der Waals surface area contributed by atoms with Gasteiger partial charge in [-0.25, -0.2) is 0 Å². The van der Waals surface area contributed by atoms with Gasteiger partial charge in [0.1, 0.15) is 0 Å². The van der Waals surface area contributed by atoms with Crippen molar-refractivity contribution in [2.45, 2.75) is 37.6 Å². The number of nitrogens with two attached hydrogens (primary N) is 3. The molecule has 12 N–H and O–H groups in total. The van der Waals surface area contributed by atoms with Crippen LogP contribution in [0, 0.1) is 0 Å². The van der Waals surface area contributed by atoms with Crippen molar-refractivity contribution in [3.8, 4) is 0 Å². The van der Waals surface area contributed by atoms with E-state index >= 15 is 0 Å². The molecule has 0 saturated carbocycles. The van der Waals surface area contributed by atoms with Crippen LogP contribution >= 0.6 is 0 Å². The molecule has 0 fully saturated rings. The third-order valence-electron chi connectivity index (χ3n) is 4.39. The second kappa shape index (κ2) is 17.8. The molecule has 31 heavy (non-hydrogen) atoms. The van der Waals surface area contributed by atoms with E-state index in [1.165, 1.54) is 0 Å². The summed E-state index contributed by atoms with van der Waals surface area (Å²) in [6, 6.07) is 0. The summed E-state index contributed by atoms with van der Waals surface area (Å²) < 4.78 is 0. The number of aliphatic hydroxyl groups is 3. The van der Waals surface area contributed by atoms with Gasteiger partial charge < -0.3 is 53.4 Å². The Morgan fingerprint density at radius 2 is 0.871 bits per heavy atom. The minimum atomic E-state index is -0.819. The number of carbonyl (C=O) groups excluding carboxylic acids is 3. The van der Waals surface area contributed by atoms with Gasteiger partial charge in [-0.05, 0) is 0 Å². The van der Waals surface area contributed by atoms with Gasteiger partial charge in [-0.1, -0.05) is 0 Å². The van der Waals surface area contributed by atoms with Gasteiger partial charge in [0, 0.05) is 78.2 Å². The van der Waals surface area contributed by atoms with Crippen LogP contribution in [-0.4, -0.2) is 115 Å². The third-order valence-corrected chi connectivity index (χ3v) is 4.39. The van der Waals surface area contributed by atoms with E-state index in [9.17, 15) is 29.7 Å². The molecule has 3 atom stereocenters. The van der Waals surface area contributed by atoms with Crippen LogP contribution in [-0.2, 0) is 14.4 Å². The summed E-state index contributed by atoms with van der Waals surface area (Å²) in [4.78, 5) is 37.6. The van der Waals surface area contributed by atoms with E-state index in [0.29, 0.717) is 19.6 Å². The molecule has 0 aromatic carbocycles. The topological polar surface area (TPSA) is 229 Å². The predicted molar refractivity (Wildman–Crippen MR) is 115 cm³/mol. The van der Waals surface area contributed by atoms with Crippen molar-refractivity contribution < 1.29 is 29.7 Å². The van der Waals surface area contributed by atoms with Gasteiger partial charge >= 0.3 is 0 Å². The number of amides is 3. The maximum atomic E-state index is 11.9. The highest BCUT2D eigenvalue weighted by Crippen LogP contribution is 1.98. The first-order chi connectivity index (χ1) is 14.7. The van der Waals surface area contributed by atoms with Crippen molar-refractivity contribution in [1.29, 1.82) is 0 Å². The molecule has 0 aromatic heterocycles. The van der Waals surface area contributed by atoms with Crippen molar-refractivity contribution in [3.63, 3.8) is 0 Å². The standard InChI is InChI=1S/C18H39N7O6/c19-7-13(26)10-22-16(29)1-4-25(5-2-17(30)23-11-14(27)8-20)6-3-18(31)24-12-15(28)9-21/h13-15,26-28H,1-12,19-21H2,(H,22,29)(H,23,30)(H,24,31). The van der Waals surface area contributed by atoms with Crippen LogP contribution in [0.3, 0.4) is 0 Å². The fraction of sp³-hybridized carbons (Fsp3) is 0.833. The Labute approximate surface area is 182 Å². The van der Waals surface area contributed by atoms with E-state index in [4.69, 9.17) is 17.2 Å². The van der Waals surface area contributed by atoms with Gasteiger partial charge in [-0.15, -0.1) is 0 Å².